The van der Waals surface area contributed by atoms with Crippen LogP contribution in [-0.4, -0.2) is 88.6 Å². The fourth-order valence-electron chi connectivity index (χ4n) is 4.95. The van der Waals surface area contributed by atoms with Gasteiger partial charge in [-0.25, -0.2) is 23.8 Å². The maximum absolute atomic E-state index is 14.5. The number of aliphatic imine (C=N–C) groups is 1. The Morgan fingerprint density at radius 3 is 2.89 bits per heavy atom. The van der Waals surface area contributed by atoms with Gasteiger partial charge in [0, 0.05) is 49.0 Å². The molecule has 2 atom stereocenters. The van der Waals surface area contributed by atoms with Gasteiger partial charge in [-0.2, -0.15) is 0 Å². The fourth-order valence-corrected chi connectivity index (χ4v) is 5.76. The van der Waals surface area contributed by atoms with E-state index in [9.17, 15) is 23.9 Å². The van der Waals surface area contributed by atoms with Gasteiger partial charge in [0.1, 0.15) is 11.9 Å². The quantitative estimate of drug-likeness (QED) is 0.436. The van der Waals surface area contributed by atoms with Crippen LogP contribution in [-0.2, 0) is 14.3 Å². The number of aromatic nitrogens is 1. The lowest BCUT2D eigenvalue weighted by molar-refractivity contribution is -0.151. The molecule has 2 amide bonds. The smallest absolute Gasteiger partial charge is 0.338 e. The molecule has 1 unspecified atom stereocenters. The van der Waals surface area contributed by atoms with E-state index < -0.39 is 35.4 Å². The van der Waals surface area contributed by atoms with Crippen LogP contribution in [0.3, 0.4) is 0 Å². The first-order valence-corrected chi connectivity index (χ1v) is 13.1. The Balaban J connectivity index is 1.58. The summed E-state index contributed by atoms with van der Waals surface area (Å²) in [5.74, 6) is -2.08. The molecular formula is C24H24ClFN6O5S. The van der Waals surface area contributed by atoms with Gasteiger partial charge in [0.2, 0.25) is 0 Å². The minimum Gasteiger partial charge on any atom is -0.479 e. The Morgan fingerprint density at radius 1 is 1.37 bits per heavy atom. The van der Waals surface area contributed by atoms with Crippen molar-refractivity contribution in [3.05, 3.63) is 62.5 Å². The van der Waals surface area contributed by atoms with E-state index >= 15 is 0 Å². The number of nitrogens with zero attached hydrogens (tertiary/aromatic N) is 4. The topological polar surface area (TPSA) is 136 Å². The third-order valence-corrected chi connectivity index (χ3v) is 7.91. The first-order chi connectivity index (χ1) is 18.2. The van der Waals surface area contributed by atoms with E-state index in [1.807, 2.05) is 4.90 Å². The van der Waals surface area contributed by atoms with Gasteiger partial charge >= 0.3 is 18.0 Å². The highest BCUT2D eigenvalue weighted by molar-refractivity contribution is 7.11. The summed E-state index contributed by atoms with van der Waals surface area (Å²) in [6, 6.07) is 2.87. The number of carbonyl (C=O) groups is 3. The molecule has 3 aliphatic rings. The number of aliphatic carboxylic acids is 1. The summed E-state index contributed by atoms with van der Waals surface area (Å²) in [7, 11) is 0. The van der Waals surface area contributed by atoms with Gasteiger partial charge < -0.3 is 25.4 Å². The molecule has 0 radical (unpaired) electrons. The van der Waals surface area contributed by atoms with Gasteiger partial charge in [0.05, 0.1) is 23.7 Å². The molecule has 2 saturated heterocycles. The van der Waals surface area contributed by atoms with Crippen molar-refractivity contribution in [3.63, 3.8) is 0 Å². The van der Waals surface area contributed by atoms with E-state index in [2.05, 4.69) is 15.6 Å². The largest absolute Gasteiger partial charge is 0.479 e. The second kappa shape index (κ2) is 10.3. The first kappa shape index (κ1) is 26.1. The summed E-state index contributed by atoms with van der Waals surface area (Å²) < 4.78 is 19.8. The number of benzene rings is 1. The van der Waals surface area contributed by atoms with E-state index in [0.717, 1.165) is 0 Å². The Labute approximate surface area is 225 Å². The lowest BCUT2D eigenvalue weighted by atomic mass is 9.93. The molecule has 2 fully saturated rings. The summed E-state index contributed by atoms with van der Waals surface area (Å²) >= 11 is 7.67. The van der Waals surface area contributed by atoms with Crippen molar-refractivity contribution >= 4 is 46.7 Å². The molecule has 3 N–H and O–H groups in total. The van der Waals surface area contributed by atoms with E-state index in [0.29, 0.717) is 23.1 Å². The number of fused-ring (bicyclic) bond motifs is 1. The van der Waals surface area contributed by atoms with E-state index in [-0.39, 0.29) is 48.9 Å². The molecule has 5 rings (SSSR count). The molecule has 38 heavy (non-hydrogen) atoms. The lowest BCUT2D eigenvalue weighted by Gasteiger charge is -2.43. The SMILES string of the molecule is CCOC(=O)C1=C(CN2CCN3C(=O)NCC3(C(=O)O)C2)NC(c2nccs2)=N[C@H]1c1cccc(F)c1Cl. The third kappa shape index (κ3) is 4.50. The van der Waals surface area contributed by atoms with Crippen molar-refractivity contribution in [3.8, 4) is 0 Å². The van der Waals surface area contributed by atoms with Crippen molar-refractivity contribution in [2.45, 2.75) is 18.5 Å². The first-order valence-electron chi connectivity index (χ1n) is 11.8. The minimum atomic E-state index is -1.44. The highest BCUT2D eigenvalue weighted by Gasteiger charge is 2.55. The number of nitrogens with one attached hydrogen (secondary N) is 2. The number of carboxylic acid groups (broad SMARTS) is 1. The van der Waals surface area contributed by atoms with Crippen LogP contribution in [0.15, 0.2) is 46.0 Å². The molecule has 1 aromatic heterocycles. The number of piperazine rings is 1. The molecule has 0 aliphatic carbocycles. The summed E-state index contributed by atoms with van der Waals surface area (Å²) in [5, 5.41) is 18.0. The number of amides is 2. The normalized spacial score (nSPS) is 23.4. The van der Waals surface area contributed by atoms with Crippen LogP contribution in [0.25, 0.3) is 0 Å². The number of thiazole rings is 1. The number of urea groups is 1. The van der Waals surface area contributed by atoms with Gasteiger partial charge in [-0.1, -0.05) is 23.7 Å². The average molecular weight is 563 g/mol. The lowest BCUT2D eigenvalue weighted by Crippen LogP contribution is -2.65. The monoisotopic (exact) mass is 562 g/mol. The molecule has 0 bridgehead atoms. The van der Waals surface area contributed by atoms with Gasteiger partial charge in [0.25, 0.3) is 0 Å². The van der Waals surface area contributed by atoms with Crippen LogP contribution in [0.5, 0.6) is 0 Å². The van der Waals surface area contributed by atoms with E-state index in [4.69, 9.17) is 21.3 Å². The number of esters is 1. The molecule has 11 nitrogen and oxygen atoms in total. The second-order valence-corrected chi connectivity index (χ2v) is 10.2. The van der Waals surface area contributed by atoms with Crippen molar-refractivity contribution in [1.82, 2.24) is 25.4 Å². The number of carboxylic acids is 1. The molecule has 14 heteroatoms. The number of hydrogen-bond donors (Lipinski definition) is 3. The number of halogens is 2. The summed E-state index contributed by atoms with van der Waals surface area (Å²) in [6.07, 6.45) is 1.61. The molecule has 200 valence electrons. The van der Waals surface area contributed by atoms with Crippen molar-refractivity contribution in [1.29, 1.82) is 0 Å². The third-order valence-electron chi connectivity index (χ3n) is 6.73. The van der Waals surface area contributed by atoms with Gasteiger partial charge in [0.15, 0.2) is 16.4 Å². The summed E-state index contributed by atoms with van der Waals surface area (Å²) in [4.78, 5) is 50.0. The Kier molecular flexibility index (Phi) is 7.07. The number of ether oxygens (including phenoxy) is 1. The Hall–Kier alpha value is -3.55. The van der Waals surface area contributed by atoms with Gasteiger partial charge in [-0.05, 0) is 13.0 Å². The molecular weight excluding hydrogens is 539 g/mol. The fraction of sp³-hybridized carbons (Fsp3) is 0.375. The Bertz CT molecular complexity index is 1350. The second-order valence-electron chi connectivity index (χ2n) is 8.96. The molecule has 3 aliphatic heterocycles. The zero-order valence-corrected chi connectivity index (χ0v) is 21.8. The standard InChI is InChI=1S/C24H24ClFN6O5S/c1-2-37-21(33)16-15(10-31-7-8-32-23(36)28-11-24(32,12-31)22(34)35)29-19(20-27-6-9-38-20)30-18(16)13-4-3-5-14(26)17(13)25/h3-6,9,18H,2,7-8,10-12H2,1H3,(H,28,36)(H,29,30)(H,34,35)/t18-,24?/m0/s1. The zero-order chi connectivity index (χ0) is 27.0. The molecule has 2 aromatic rings. The predicted octanol–water partition coefficient (Wildman–Crippen LogP) is 2.01. The highest BCUT2D eigenvalue weighted by Crippen LogP contribution is 2.38. The van der Waals surface area contributed by atoms with Gasteiger partial charge in [-0.15, -0.1) is 11.3 Å². The predicted molar refractivity (Wildman–Crippen MR) is 137 cm³/mol. The van der Waals surface area contributed by atoms with Crippen molar-refractivity contribution in [2.24, 2.45) is 4.99 Å². The molecule has 0 spiro atoms. The number of amidine groups is 1. The zero-order valence-electron chi connectivity index (χ0n) is 20.2. The van der Waals surface area contributed by atoms with Crippen LogP contribution < -0.4 is 10.6 Å². The summed E-state index contributed by atoms with van der Waals surface area (Å²) in [5.41, 5.74) is -0.626. The average Bonchev–Trinajstić information content (AvgIpc) is 3.54. The Morgan fingerprint density at radius 2 is 2.18 bits per heavy atom. The van der Waals surface area contributed by atoms with Crippen LogP contribution in [0.4, 0.5) is 9.18 Å². The minimum absolute atomic E-state index is 0.0253. The summed E-state index contributed by atoms with van der Waals surface area (Å²) in [6.45, 7) is 2.41. The number of rotatable bonds is 7. The van der Waals surface area contributed by atoms with Crippen molar-refractivity contribution in [2.75, 3.05) is 39.3 Å². The van der Waals surface area contributed by atoms with Crippen LogP contribution in [0.2, 0.25) is 5.02 Å². The van der Waals surface area contributed by atoms with E-state index in [1.165, 1.54) is 28.4 Å². The van der Waals surface area contributed by atoms with Crippen LogP contribution >= 0.6 is 22.9 Å². The maximum Gasteiger partial charge on any atom is 0.338 e. The molecule has 0 saturated carbocycles. The molecule has 4 heterocycles. The van der Waals surface area contributed by atoms with Crippen LogP contribution in [0, 0.1) is 5.82 Å². The highest BCUT2D eigenvalue weighted by atomic mass is 35.5. The maximum atomic E-state index is 14.5. The van der Waals surface area contributed by atoms with Gasteiger partial charge in [-0.3, -0.25) is 9.89 Å². The van der Waals surface area contributed by atoms with E-state index in [1.54, 1.807) is 24.6 Å². The number of carbonyl (C=O) groups excluding carboxylic acids is 2. The number of hydrogen-bond acceptors (Lipinski definition) is 9. The molecule has 1 aromatic carbocycles. The van der Waals surface area contributed by atoms with Crippen molar-refractivity contribution < 1.29 is 28.6 Å². The van der Waals surface area contributed by atoms with Crippen LogP contribution in [0.1, 0.15) is 23.5 Å².